The average Bonchev–Trinajstić information content (AvgIpc) is 2.40. The molecule has 0 aromatic heterocycles. The van der Waals surface area contributed by atoms with Gasteiger partial charge in [-0.15, -0.1) is 0 Å². The van der Waals surface area contributed by atoms with Gasteiger partial charge in [0.1, 0.15) is 5.75 Å². The quantitative estimate of drug-likeness (QED) is 0.705. The van der Waals surface area contributed by atoms with Crippen LogP contribution in [0, 0.1) is 0 Å². The van der Waals surface area contributed by atoms with E-state index in [4.69, 9.17) is 4.74 Å². The second kappa shape index (κ2) is 6.85. The highest BCUT2D eigenvalue weighted by atomic mass is 16.5. The molecule has 1 heteroatoms. The molecule has 2 rings (SSSR count). The molecule has 0 spiro atoms. The van der Waals surface area contributed by atoms with Gasteiger partial charge >= 0.3 is 0 Å². The van der Waals surface area contributed by atoms with Crippen LogP contribution in [-0.4, -0.2) is 7.11 Å². The van der Waals surface area contributed by atoms with E-state index in [1.165, 1.54) is 5.56 Å². The second-order valence-corrected chi connectivity index (χ2v) is 5.13. The lowest BCUT2D eigenvalue weighted by atomic mass is 9.87. The fraction of sp³-hybridized carbons (Fsp3) is 0.294. The maximum Gasteiger partial charge on any atom is 0.118 e. The van der Waals surface area contributed by atoms with Gasteiger partial charge in [-0.05, 0) is 23.1 Å². The third-order valence-electron chi connectivity index (χ3n) is 2.62. The van der Waals surface area contributed by atoms with E-state index < -0.39 is 0 Å². The molecular weight excluding hydrogens is 220 g/mol. The van der Waals surface area contributed by atoms with Crippen molar-refractivity contribution in [2.75, 3.05) is 7.11 Å². The molecule has 18 heavy (non-hydrogen) atoms. The van der Waals surface area contributed by atoms with Crippen LogP contribution >= 0.6 is 0 Å². The van der Waals surface area contributed by atoms with Crippen LogP contribution in [0.15, 0.2) is 60.7 Å². The molecule has 0 radical (unpaired) electrons. The third kappa shape index (κ3) is 5.05. The molecule has 0 bridgehead atoms. The molecule has 0 unspecified atom stereocenters. The number of methoxy groups -OCH3 is 1. The Bertz CT molecular complexity index is 426. The maximum atomic E-state index is 4.91. The number of hydrogen-bond donors (Lipinski definition) is 0. The first-order chi connectivity index (χ1) is 8.54. The van der Waals surface area contributed by atoms with E-state index in [2.05, 4.69) is 51.1 Å². The fourth-order valence-electron chi connectivity index (χ4n) is 1.49. The van der Waals surface area contributed by atoms with Gasteiger partial charge in [-0.3, -0.25) is 0 Å². The van der Waals surface area contributed by atoms with Gasteiger partial charge < -0.3 is 4.74 Å². The van der Waals surface area contributed by atoms with Crippen LogP contribution in [0.4, 0.5) is 0 Å². The van der Waals surface area contributed by atoms with E-state index in [0.29, 0.717) is 5.41 Å². The van der Waals surface area contributed by atoms with Crippen LogP contribution in [0.5, 0.6) is 5.75 Å². The number of benzene rings is 2. The van der Waals surface area contributed by atoms with Crippen LogP contribution in [0.1, 0.15) is 26.3 Å². The molecule has 0 aliphatic rings. The summed E-state index contributed by atoms with van der Waals surface area (Å²) in [6.45, 7) is 6.67. The zero-order chi connectivity index (χ0) is 13.4. The monoisotopic (exact) mass is 242 g/mol. The van der Waals surface area contributed by atoms with Crippen molar-refractivity contribution in [3.8, 4) is 5.75 Å². The smallest absolute Gasteiger partial charge is 0.118 e. The number of para-hydroxylation sites is 1. The van der Waals surface area contributed by atoms with E-state index in [1.54, 1.807) is 7.11 Å². The molecule has 0 atom stereocenters. The van der Waals surface area contributed by atoms with Gasteiger partial charge in [-0.1, -0.05) is 69.3 Å². The van der Waals surface area contributed by atoms with E-state index in [-0.39, 0.29) is 0 Å². The summed E-state index contributed by atoms with van der Waals surface area (Å²) in [6, 6.07) is 20.2. The zero-order valence-corrected chi connectivity index (χ0v) is 11.7. The van der Waals surface area contributed by atoms with Crippen molar-refractivity contribution >= 4 is 0 Å². The largest absolute Gasteiger partial charge is 0.497 e. The van der Waals surface area contributed by atoms with E-state index in [9.17, 15) is 0 Å². The van der Waals surface area contributed by atoms with E-state index >= 15 is 0 Å². The van der Waals surface area contributed by atoms with Gasteiger partial charge in [-0.2, -0.15) is 0 Å². The Kier molecular flexibility index (Phi) is 5.44. The Morgan fingerprint density at radius 3 is 1.44 bits per heavy atom. The first kappa shape index (κ1) is 14.3. The molecule has 0 aliphatic carbocycles. The molecule has 1 nitrogen and oxygen atoms in total. The Labute approximate surface area is 110 Å². The molecule has 2 aromatic rings. The Morgan fingerprint density at radius 1 is 0.722 bits per heavy atom. The SMILES string of the molecule is CC(C)(C)c1ccccc1.COc1ccccc1. The van der Waals surface area contributed by atoms with Crippen molar-refractivity contribution in [1.29, 1.82) is 0 Å². The fourth-order valence-corrected chi connectivity index (χ4v) is 1.49. The number of hydrogen-bond acceptors (Lipinski definition) is 1. The predicted molar refractivity (Wildman–Crippen MR) is 78.1 cm³/mol. The molecule has 0 saturated heterocycles. The van der Waals surface area contributed by atoms with Gasteiger partial charge in [0.15, 0.2) is 0 Å². The van der Waals surface area contributed by atoms with Crippen molar-refractivity contribution in [2.45, 2.75) is 26.2 Å². The molecule has 0 fully saturated rings. The van der Waals surface area contributed by atoms with Crippen molar-refractivity contribution < 1.29 is 4.74 Å². The summed E-state index contributed by atoms with van der Waals surface area (Å²) < 4.78 is 4.91. The minimum atomic E-state index is 0.293. The maximum absolute atomic E-state index is 4.91. The Balaban J connectivity index is 0.000000184. The summed E-state index contributed by atoms with van der Waals surface area (Å²) >= 11 is 0. The van der Waals surface area contributed by atoms with Crippen LogP contribution in [0.25, 0.3) is 0 Å². The topological polar surface area (TPSA) is 9.23 Å². The summed E-state index contributed by atoms with van der Waals surface area (Å²) in [4.78, 5) is 0. The van der Waals surface area contributed by atoms with Gasteiger partial charge in [0.05, 0.1) is 7.11 Å². The summed E-state index contributed by atoms with van der Waals surface area (Å²) in [7, 11) is 1.66. The molecular formula is C17H22O. The average molecular weight is 242 g/mol. The van der Waals surface area contributed by atoms with Gasteiger partial charge in [0, 0.05) is 0 Å². The summed E-state index contributed by atoms with van der Waals surface area (Å²) in [5.74, 6) is 0.910. The van der Waals surface area contributed by atoms with Crippen molar-refractivity contribution in [2.24, 2.45) is 0 Å². The molecule has 0 N–H and O–H groups in total. The lowest BCUT2D eigenvalue weighted by Gasteiger charge is -2.18. The Hall–Kier alpha value is -1.76. The normalized spacial score (nSPS) is 10.2. The van der Waals surface area contributed by atoms with Crippen LogP contribution in [-0.2, 0) is 5.41 Å². The molecule has 2 aromatic carbocycles. The molecule has 0 amide bonds. The number of rotatable bonds is 1. The van der Waals surface area contributed by atoms with E-state index in [1.807, 2.05) is 30.3 Å². The van der Waals surface area contributed by atoms with Crippen molar-refractivity contribution in [3.63, 3.8) is 0 Å². The highest BCUT2D eigenvalue weighted by Gasteiger charge is 2.11. The lowest BCUT2D eigenvalue weighted by Crippen LogP contribution is -2.10. The van der Waals surface area contributed by atoms with Crippen LogP contribution < -0.4 is 4.74 Å². The first-order valence-electron chi connectivity index (χ1n) is 6.18. The van der Waals surface area contributed by atoms with Gasteiger partial charge in [0.2, 0.25) is 0 Å². The molecule has 0 saturated carbocycles. The molecule has 0 heterocycles. The number of ether oxygens (including phenoxy) is 1. The predicted octanol–water partition coefficient (Wildman–Crippen LogP) is 4.68. The summed E-state index contributed by atoms with van der Waals surface area (Å²) in [5.41, 5.74) is 1.69. The van der Waals surface area contributed by atoms with Crippen molar-refractivity contribution in [1.82, 2.24) is 0 Å². The van der Waals surface area contributed by atoms with Gasteiger partial charge in [0.25, 0.3) is 0 Å². The third-order valence-corrected chi connectivity index (χ3v) is 2.62. The van der Waals surface area contributed by atoms with Crippen molar-refractivity contribution in [3.05, 3.63) is 66.2 Å². The second-order valence-electron chi connectivity index (χ2n) is 5.13. The van der Waals surface area contributed by atoms with Gasteiger partial charge in [-0.25, -0.2) is 0 Å². The lowest BCUT2D eigenvalue weighted by molar-refractivity contribution is 0.415. The van der Waals surface area contributed by atoms with E-state index in [0.717, 1.165) is 5.75 Å². The minimum Gasteiger partial charge on any atom is -0.497 e. The standard InChI is InChI=1S/C10H14.C7H8O/c1-10(2,3)9-7-5-4-6-8-9;1-8-7-5-3-2-4-6-7/h4-8H,1-3H3;2-6H,1H3. The molecule has 0 aliphatic heterocycles. The summed E-state index contributed by atoms with van der Waals surface area (Å²) in [6.07, 6.45) is 0. The first-order valence-corrected chi connectivity index (χ1v) is 6.18. The highest BCUT2D eigenvalue weighted by molar-refractivity contribution is 5.22. The molecule has 96 valence electrons. The summed E-state index contributed by atoms with van der Waals surface area (Å²) in [5, 5.41) is 0. The highest BCUT2D eigenvalue weighted by Crippen LogP contribution is 2.20. The minimum absolute atomic E-state index is 0.293. The Morgan fingerprint density at radius 2 is 1.17 bits per heavy atom. The zero-order valence-electron chi connectivity index (χ0n) is 11.7. The van der Waals surface area contributed by atoms with Crippen LogP contribution in [0.2, 0.25) is 0 Å². The van der Waals surface area contributed by atoms with Crippen LogP contribution in [0.3, 0.4) is 0 Å².